The summed E-state index contributed by atoms with van der Waals surface area (Å²) in [6, 6.07) is -0.0194. The van der Waals surface area contributed by atoms with Crippen molar-refractivity contribution in [2.75, 3.05) is 19.8 Å². The van der Waals surface area contributed by atoms with Gasteiger partial charge in [-0.15, -0.1) is 0 Å². The first-order valence-corrected chi connectivity index (χ1v) is 43.4. The fraction of sp³-hybridized carbons (Fsp3) is 0.400. The third-order valence-corrected chi connectivity index (χ3v) is 24.0. The molecule has 45 heteroatoms. The maximum atomic E-state index is 17.1. The van der Waals surface area contributed by atoms with Gasteiger partial charge in [0, 0.05) is 55.5 Å². The van der Waals surface area contributed by atoms with Gasteiger partial charge in [-0.25, -0.2) is 4.79 Å². The zero-order valence-corrected chi connectivity index (χ0v) is 73.2. The molecule has 23 atom stereocenters. The van der Waals surface area contributed by atoms with Crippen LogP contribution in [0.25, 0.3) is 11.1 Å². The van der Waals surface area contributed by atoms with Gasteiger partial charge >= 0.3 is 5.97 Å². The number of carbonyl (C=O) groups excluding carboxylic acids is 9. The largest absolute Gasteiger partial charge is 0.508 e. The summed E-state index contributed by atoms with van der Waals surface area (Å²) in [4.78, 5) is 152. The molecule has 0 spiro atoms. The molecule has 7 aromatic carbocycles. The first-order valence-electron chi connectivity index (χ1n) is 42.7. The van der Waals surface area contributed by atoms with E-state index in [0.717, 1.165) is 124 Å². The number of aromatic hydroxyl groups is 4. The second kappa shape index (κ2) is 42.0. The number of carboxylic acids is 1. The minimum absolute atomic E-state index is 0.0349. The number of carbonyl (C=O) groups is 10. The number of carboxylic acid groups (broad SMARTS) is 1. The minimum Gasteiger partial charge on any atom is -0.508 e. The number of hydrogen-bond donors (Lipinski definition) is 24. The molecule has 17 bridgehead atoms. The molecule has 9 amide bonds. The molecule has 0 aromatic heterocycles. The van der Waals surface area contributed by atoms with Crippen LogP contribution in [0.1, 0.15) is 135 Å². The monoisotopic (exact) mass is 1920 g/mol. The first kappa shape index (κ1) is 98.2. The Bertz CT molecular complexity index is 5740. The number of aliphatic hydroxyl groups excluding tert-OH is 10. The second-order valence-corrected chi connectivity index (χ2v) is 33.8. The highest BCUT2D eigenvalue weighted by Crippen LogP contribution is 2.51. The van der Waals surface area contributed by atoms with Crippen LogP contribution in [0.4, 0.5) is 0 Å². The van der Waals surface area contributed by atoms with E-state index in [4.69, 9.17) is 65.8 Å². The molecule has 3 saturated heterocycles. The van der Waals surface area contributed by atoms with Crippen LogP contribution in [0.2, 0.25) is 10.0 Å². The van der Waals surface area contributed by atoms with Gasteiger partial charge in [0.05, 0.1) is 29.9 Å². The number of aliphatic carboxylic acids is 1. The van der Waals surface area contributed by atoms with Gasteiger partial charge < -0.3 is 167 Å². The standard InChI is InChI=1S/C90H97Cl2N9O34/c1-4-5-6-7-8-9-10-11-62(111)96-70-76(116)73(113)60(33-103)132-89(70)135-80-57-27-42-28-58(80)129-54-19-15-40(25-49(54)92)79(134-88-69(94-36(3)106)75(115)72(112)59(32-102)131-88)71-86(124)100-68(87(125)126)47-30-44(108)31-56(130-90-78(118)77(117)74(114)61(34-104)133-90)63(47)46-24-38(13-16-51(46)109)65(83(121)101-71)98-85(123)67(42)99-84(122)66-41-22-43(107)29-45(23-41)127-55-26-39(14-17-52(55)110)64(93-35(2)105)82(120)95-50(81(119)97-66)21-37-12-18-53(128-57)48(91)20-37/h8-9,12-20,22-31,50,59-61,64-79,88-90,102-104,107-110,112-118H,4-7,10-11,21,32-34H2,1-3H3,(H,93,105)(H,94,106)(H,95,120)(H,96,111)(H,97,119)(H,98,123)(H,99,122)(H,100,124)(H,101,121)(H,125,126)/b9-8-. The lowest BCUT2D eigenvalue weighted by Crippen LogP contribution is -2.65. The van der Waals surface area contributed by atoms with Gasteiger partial charge in [-0.1, -0.05) is 79.4 Å². The first-order chi connectivity index (χ1) is 64.4. The van der Waals surface area contributed by atoms with Gasteiger partial charge in [0.2, 0.25) is 71.5 Å². The van der Waals surface area contributed by atoms with Crippen molar-refractivity contribution in [1.29, 1.82) is 0 Å². The predicted octanol–water partition coefficient (Wildman–Crippen LogP) is 1.12. The Balaban J connectivity index is 1.04. The lowest BCUT2D eigenvalue weighted by molar-refractivity contribution is -0.284. The van der Waals surface area contributed by atoms with Crippen molar-refractivity contribution in [2.24, 2.45) is 0 Å². The number of hydrogen-bond acceptors (Lipinski definition) is 33. The van der Waals surface area contributed by atoms with Crippen molar-refractivity contribution >= 4 is 82.3 Å². The number of phenolic OH excluding ortho intramolecular Hbond substituents is 4. The fourth-order valence-corrected chi connectivity index (χ4v) is 17.0. The van der Waals surface area contributed by atoms with E-state index in [0.29, 0.717) is 6.42 Å². The van der Waals surface area contributed by atoms with Gasteiger partial charge in [-0.3, -0.25) is 43.2 Å². The maximum absolute atomic E-state index is 17.1. The molecular formula is C90H97Cl2N9O34. The van der Waals surface area contributed by atoms with Crippen LogP contribution >= 0.6 is 23.2 Å². The third kappa shape index (κ3) is 21.6. The molecule has 135 heavy (non-hydrogen) atoms. The molecule has 0 saturated carbocycles. The maximum Gasteiger partial charge on any atom is 0.330 e. The number of phenols is 4. The van der Waals surface area contributed by atoms with E-state index in [-0.39, 0.29) is 34.7 Å². The topological polar surface area (TPSA) is 665 Å². The number of aliphatic hydroxyl groups is 10. The Morgan fingerprint density at radius 3 is 1.67 bits per heavy atom. The minimum atomic E-state index is -2.61. The number of amides is 9. The van der Waals surface area contributed by atoms with Crippen LogP contribution in [0.15, 0.2) is 127 Å². The van der Waals surface area contributed by atoms with Crippen molar-refractivity contribution in [3.8, 4) is 80.1 Å². The Morgan fingerprint density at radius 2 is 1.04 bits per heavy atom. The van der Waals surface area contributed by atoms with Gasteiger partial charge in [-0.05, 0) is 132 Å². The summed E-state index contributed by atoms with van der Waals surface area (Å²) >= 11 is 14.8. The number of rotatable bonds is 20. The van der Waals surface area contributed by atoms with Crippen LogP contribution in [0.3, 0.4) is 0 Å². The predicted molar refractivity (Wildman–Crippen MR) is 463 cm³/mol. The molecule has 0 aliphatic carbocycles. The molecule has 23 unspecified atom stereocenters. The van der Waals surface area contributed by atoms with Crippen LogP contribution in [0, 0.1) is 0 Å². The molecule has 16 rings (SSSR count). The number of fused-ring (bicyclic) bond motifs is 14. The molecular weight excluding hydrogens is 1820 g/mol. The number of halogens is 2. The van der Waals surface area contributed by atoms with E-state index in [9.17, 15) is 95.8 Å². The second-order valence-electron chi connectivity index (χ2n) is 33.0. The fourth-order valence-electron chi connectivity index (χ4n) is 16.6. The van der Waals surface area contributed by atoms with Gasteiger partial charge in [0.25, 0.3) is 0 Å². The molecule has 3 fully saturated rings. The van der Waals surface area contributed by atoms with E-state index in [1.54, 1.807) is 6.08 Å². The third-order valence-electron chi connectivity index (χ3n) is 23.4. The average Bonchev–Trinajstić information content (AvgIpc) is 0.750. The highest BCUT2D eigenvalue weighted by Gasteiger charge is 2.52. The molecule has 43 nitrogen and oxygen atoms in total. The Hall–Kier alpha value is -12.8. The summed E-state index contributed by atoms with van der Waals surface area (Å²) in [6.45, 7) is 0.895. The summed E-state index contributed by atoms with van der Waals surface area (Å²) in [5, 5.41) is 193. The number of benzene rings is 7. The van der Waals surface area contributed by atoms with Crippen LogP contribution in [-0.2, 0) is 73.3 Å². The quantitative estimate of drug-likeness (QED) is 0.0375. The van der Waals surface area contributed by atoms with Crippen molar-refractivity contribution in [3.63, 3.8) is 0 Å². The summed E-state index contributed by atoms with van der Waals surface area (Å²) in [5.74, 6) is -20.9. The average molecular weight is 1920 g/mol. The summed E-state index contributed by atoms with van der Waals surface area (Å²) in [5.41, 5.74) is -4.02. The van der Waals surface area contributed by atoms with E-state index in [2.05, 4.69) is 47.9 Å². The number of unbranched alkanes of at least 4 members (excludes halogenated alkanes) is 3. The molecule has 9 heterocycles. The summed E-state index contributed by atoms with van der Waals surface area (Å²) in [7, 11) is 0. The van der Waals surface area contributed by atoms with Crippen molar-refractivity contribution in [3.05, 3.63) is 176 Å². The lowest BCUT2D eigenvalue weighted by atomic mass is 9.89. The summed E-state index contributed by atoms with van der Waals surface area (Å²) < 4.78 is 57.5. The number of allylic oxidation sites excluding steroid dienone is 2. The Kier molecular flexibility index (Phi) is 30.5. The Labute approximate surface area is 776 Å². The normalized spacial score (nSPS) is 28.5. The molecule has 9 aliphatic rings. The van der Waals surface area contributed by atoms with E-state index in [1.165, 1.54) is 24.3 Å². The van der Waals surface area contributed by atoms with Gasteiger partial charge in [0.1, 0.15) is 156 Å². The molecule has 720 valence electrons. The van der Waals surface area contributed by atoms with Crippen LogP contribution in [0.5, 0.6) is 69.0 Å². The van der Waals surface area contributed by atoms with Crippen LogP contribution in [-0.4, -0.2) is 260 Å². The van der Waals surface area contributed by atoms with Gasteiger partial charge in [0.15, 0.2) is 35.3 Å². The van der Waals surface area contributed by atoms with Gasteiger partial charge in [-0.2, -0.15) is 0 Å². The van der Waals surface area contributed by atoms with Crippen molar-refractivity contribution in [2.45, 2.75) is 206 Å². The van der Waals surface area contributed by atoms with E-state index < -0.39 is 333 Å². The SMILES string of the molecule is CCCCC/C=C\CCC(=O)NC1C(Oc2c3cc4cc2Oc2ccc(cc2Cl)C(OC2OC(CO)C(O)C(O)C2NC(C)=O)C2NC(=O)C(NC(=O)C4NC(=O)C4NC(=O)C(Cc5ccc(c(Cl)c5)O3)NC(=O)C(NC(C)=O)c3ccc(O)c(c3)Oc3cc(O)cc4c3)c3ccc(O)c(c3)-c3c(OC4OC(CO)C(O)C(O)C4O)cc(O)cc3C(C(=O)O)NC2=O)OC(CO)C(O)C1O. The molecule has 24 N–H and O–H groups in total. The van der Waals surface area contributed by atoms with E-state index in [1.807, 2.05) is 13.0 Å². The lowest BCUT2D eigenvalue weighted by Gasteiger charge is -2.44. The van der Waals surface area contributed by atoms with Crippen LogP contribution < -0.4 is 71.5 Å². The molecule has 9 aliphatic heterocycles. The Morgan fingerprint density at radius 1 is 0.481 bits per heavy atom. The van der Waals surface area contributed by atoms with Crippen molar-refractivity contribution < 1.29 is 167 Å². The van der Waals surface area contributed by atoms with E-state index >= 15 is 28.8 Å². The smallest absolute Gasteiger partial charge is 0.330 e. The number of ether oxygens (including phenoxy) is 9. The molecule has 7 aromatic rings. The van der Waals surface area contributed by atoms with Crippen molar-refractivity contribution in [1.82, 2.24) is 47.9 Å². The zero-order chi connectivity index (χ0) is 97.0. The number of nitrogens with one attached hydrogen (secondary N) is 9. The highest BCUT2D eigenvalue weighted by atomic mass is 35.5. The molecule has 0 radical (unpaired) electrons. The highest BCUT2D eigenvalue weighted by molar-refractivity contribution is 6.32. The zero-order valence-electron chi connectivity index (χ0n) is 71.7. The summed E-state index contributed by atoms with van der Waals surface area (Å²) in [6.07, 6.45) is -22.5.